The number of nitrogens with zero attached hydrogens (tertiary/aromatic N) is 1. The monoisotopic (exact) mass is 227 g/mol. The number of morpholine rings is 1. The van der Waals surface area contributed by atoms with Gasteiger partial charge in [-0.05, 0) is 0 Å². The normalized spacial score (nSPS) is 24.1. The minimum atomic E-state index is -4.25. The van der Waals surface area contributed by atoms with Crippen molar-refractivity contribution in [3.05, 3.63) is 0 Å². The Morgan fingerprint density at radius 3 is 2.73 bits per heavy atom. The van der Waals surface area contributed by atoms with Gasteiger partial charge in [0.25, 0.3) is 0 Å². The molecule has 1 aliphatic rings. The van der Waals surface area contributed by atoms with Crippen LogP contribution in [-0.4, -0.2) is 54.5 Å². The fourth-order valence-corrected chi connectivity index (χ4v) is 1.40. The van der Waals surface area contributed by atoms with Gasteiger partial charge in [-0.2, -0.15) is 13.2 Å². The molecule has 1 heterocycles. The second-order valence-electron chi connectivity index (χ2n) is 3.33. The van der Waals surface area contributed by atoms with Crippen molar-refractivity contribution >= 4 is 5.97 Å². The Kier molecular flexibility index (Phi) is 3.92. The molecule has 1 atom stereocenters. The number of carboxylic acid groups (broad SMARTS) is 1. The summed E-state index contributed by atoms with van der Waals surface area (Å²) < 4.78 is 40.7. The van der Waals surface area contributed by atoms with Gasteiger partial charge in [0.15, 0.2) is 0 Å². The van der Waals surface area contributed by atoms with Crippen molar-refractivity contribution in [3.8, 4) is 0 Å². The van der Waals surface area contributed by atoms with E-state index in [0.717, 1.165) is 0 Å². The van der Waals surface area contributed by atoms with Crippen LogP contribution in [0.5, 0.6) is 0 Å². The quantitative estimate of drug-likeness (QED) is 0.772. The molecule has 88 valence electrons. The predicted octanol–water partition coefficient (Wildman–Crippen LogP) is 0.724. The van der Waals surface area contributed by atoms with Crippen molar-refractivity contribution < 1.29 is 27.8 Å². The summed E-state index contributed by atoms with van der Waals surface area (Å²) in [6, 6.07) is -0.957. The van der Waals surface area contributed by atoms with Crippen LogP contribution in [0.4, 0.5) is 13.2 Å². The number of aliphatic carboxylic acids is 1. The minimum absolute atomic E-state index is 0.0484. The van der Waals surface area contributed by atoms with Gasteiger partial charge in [0.1, 0.15) is 6.04 Å². The fourth-order valence-electron chi connectivity index (χ4n) is 1.40. The predicted molar refractivity (Wildman–Crippen MR) is 44.5 cm³/mol. The lowest BCUT2D eigenvalue weighted by Gasteiger charge is -2.32. The molecule has 0 radical (unpaired) electrons. The van der Waals surface area contributed by atoms with E-state index in [2.05, 4.69) is 0 Å². The maximum absolute atomic E-state index is 11.9. The summed E-state index contributed by atoms with van der Waals surface area (Å²) in [5.41, 5.74) is 0. The number of hydrogen-bond donors (Lipinski definition) is 1. The first-order valence-electron chi connectivity index (χ1n) is 4.51. The zero-order chi connectivity index (χ0) is 11.5. The van der Waals surface area contributed by atoms with Gasteiger partial charge >= 0.3 is 12.1 Å². The second kappa shape index (κ2) is 4.80. The molecular formula is C8H12F3NO3. The van der Waals surface area contributed by atoms with Gasteiger partial charge in [0.05, 0.1) is 19.6 Å². The van der Waals surface area contributed by atoms with E-state index < -0.39 is 24.6 Å². The Bertz CT molecular complexity index is 232. The third-order valence-corrected chi connectivity index (χ3v) is 2.21. The van der Waals surface area contributed by atoms with Crippen LogP contribution in [0, 0.1) is 0 Å². The number of carbonyl (C=O) groups is 1. The van der Waals surface area contributed by atoms with Crippen LogP contribution in [-0.2, 0) is 9.53 Å². The molecule has 15 heavy (non-hydrogen) atoms. The molecule has 1 aliphatic heterocycles. The highest BCUT2D eigenvalue weighted by molar-refractivity contribution is 5.73. The topological polar surface area (TPSA) is 49.8 Å². The van der Waals surface area contributed by atoms with E-state index in [9.17, 15) is 18.0 Å². The van der Waals surface area contributed by atoms with Crippen LogP contribution >= 0.6 is 0 Å². The number of hydrogen-bond acceptors (Lipinski definition) is 3. The third kappa shape index (κ3) is 4.05. The Hall–Kier alpha value is -0.820. The van der Waals surface area contributed by atoms with Gasteiger partial charge < -0.3 is 9.84 Å². The standard InChI is InChI=1S/C8H12F3NO3/c9-8(10,11)1-2-12-3-4-15-5-6(12)7(13)14/h6H,1-5H2,(H,13,14). The molecule has 4 nitrogen and oxygen atoms in total. The molecule has 0 saturated carbocycles. The van der Waals surface area contributed by atoms with Gasteiger partial charge in [0.2, 0.25) is 0 Å². The van der Waals surface area contributed by atoms with Crippen LogP contribution in [0.15, 0.2) is 0 Å². The molecule has 0 aromatic carbocycles. The number of carboxylic acids is 1. The second-order valence-corrected chi connectivity index (χ2v) is 3.33. The van der Waals surface area contributed by atoms with Gasteiger partial charge in [-0.25, -0.2) is 0 Å². The lowest BCUT2D eigenvalue weighted by atomic mass is 10.2. The van der Waals surface area contributed by atoms with Crippen molar-refractivity contribution in [2.75, 3.05) is 26.3 Å². The summed E-state index contributed by atoms with van der Waals surface area (Å²) in [5, 5.41) is 8.74. The molecular weight excluding hydrogens is 215 g/mol. The van der Waals surface area contributed by atoms with Crippen LogP contribution in [0.3, 0.4) is 0 Å². The van der Waals surface area contributed by atoms with E-state index in [-0.39, 0.29) is 26.3 Å². The first kappa shape index (κ1) is 12.3. The molecule has 0 amide bonds. The van der Waals surface area contributed by atoms with E-state index in [1.54, 1.807) is 0 Å². The summed E-state index contributed by atoms with van der Waals surface area (Å²) in [5.74, 6) is -1.14. The summed E-state index contributed by atoms with van der Waals surface area (Å²) >= 11 is 0. The Balaban J connectivity index is 2.46. The number of halogens is 3. The molecule has 1 saturated heterocycles. The van der Waals surface area contributed by atoms with Crippen LogP contribution in [0.2, 0.25) is 0 Å². The smallest absolute Gasteiger partial charge is 0.390 e. The van der Waals surface area contributed by atoms with Crippen LogP contribution < -0.4 is 0 Å². The molecule has 7 heteroatoms. The average molecular weight is 227 g/mol. The zero-order valence-electron chi connectivity index (χ0n) is 7.96. The molecule has 1 rings (SSSR count). The molecule has 1 N–H and O–H groups in total. The summed E-state index contributed by atoms with van der Waals surface area (Å²) in [6.45, 7) is 0.172. The Morgan fingerprint density at radius 1 is 1.53 bits per heavy atom. The largest absolute Gasteiger partial charge is 0.480 e. The van der Waals surface area contributed by atoms with Gasteiger partial charge in [0, 0.05) is 13.1 Å². The summed E-state index contributed by atoms with van der Waals surface area (Å²) in [7, 11) is 0. The van der Waals surface area contributed by atoms with Gasteiger partial charge in [-0.3, -0.25) is 9.69 Å². The Labute approximate surface area is 84.6 Å². The maximum atomic E-state index is 11.9. The first-order chi connectivity index (χ1) is 6.90. The SMILES string of the molecule is O=C(O)C1COCCN1CCC(F)(F)F. The lowest BCUT2D eigenvalue weighted by molar-refractivity contribution is -0.157. The fraction of sp³-hybridized carbons (Fsp3) is 0.875. The van der Waals surface area contributed by atoms with Crippen molar-refractivity contribution in [3.63, 3.8) is 0 Å². The van der Waals surface area contributed by atoms with E-state index in [4.69, 9.17) is 9.84 Å². The minimum Gasteiger partial charge on any atom is -0.480 e. The molecule has 0 aromatic rings. The Morgan fingerprint density at radius 2 is 2.20 bits per heavy atom. The highest BCUT2D eigenvalue weighted by atomic mass is 19.4. The molecule has 0 aliphatic carbocycles. The zero-order valence-corrected chi connectivity index (χ0v) is 7.96. The van der Waals surface area contributed by atoms with E-state index >= 15 is 0 Å². The molecule has 0 bridgehead atoms. The maximum Gasteiger partial charge on any atom is 0.390 e. The van der Waals surface area contributed by atoms with Crippen molar-refractivity contribution in [1.82, 2.24) is 4.90 Å². The third-order valence-electron chi connectivity index (χ3n) is 2.21. The number of ether oxygens (including phenoxy) is 1. The van der Waals surface area contributed by atoms with Crippen LogP contribution in [0.25, 0.3) is 0 Å². The molecule has 0 aromatic heterocycles. The van der Waals surface area contributed by atoms with Crippen LogP contribution in [0.1, 0.15) is 6.42 Å². The molecule has 1 unspecified atom stereocenters. The van der Waals surface area contributed by atoms with Crippen molar-refractivity contribution in [1.29, 1.82) is 0 Å². The lowest BCUT2D eigenvalue weighted by Crippen LogP contribution is -2.50. The summed E-state index contributed by atoms with van der Waals surface area (Å²) in [6.07, 6.45) is -5.24. The number of alkyl halides is 3. The highest BCUT2D eigenvalue weighted by Crippen LogP contribution is 2.21. The van der Waals surface area contributed by atoms with E-state index in [0.29, 0.717) is 0 Å². The molecule has 1 fully saturated rings. The first-order valence-corrected chi connectivity index (χ1v) is 4.51. The number of rotatable bonds is 3. The van der Waals surface area contributed by atoms with Gasteiger partial charge in [-0.1, -0.05) is 0 Å². The van der Waals surface area contributed by atoms with Gasteiger partial charge in [-0.15, -0.1) is 0 Å². The summed E-state index contributed by atoms with van der Waals surface area (Å²) in [4.78, 5) is 12.0. The average Bonchev–Trinajstić information content (AvgIpc) is 2.14. The van der Waals surface area contributed by atoms with Crippen molar-refractivity contribution in [2.45, 2.75) is 18.6 Å². The van der Waals surface area contributed by atoms with E-state index in [1.165, 1.54) is 4.90 Å². The van der Waals surface area contributed by atoms with Crippen molar-refractivity contribution in [2.24, 2.45) is 0 Å². The van der Waals surface area contributed by atoms with E-state index in [1.807, 2.05) is 0 Å². The highest BCUT2D eigenvalue weighted by Gasteiger charge is 2.33. The molecule has 0 spiro atoms.